The highest BCUT2D eigenvalue weighted by Crippen LogP contribution is 2.07. The third-order valence-electron chi connectivity index (χ3n) is 2.37. The Kier molecular flexibility index (Phi) is 3.09. The normalized spacial score (nSPS) is 14.9. The maximum Gasteiger partial charge on any atom is 0.237 e. The molecule has 0 aliphatic carbocycles. The van der Waals surface area contributed by atoms with Gasteiger partial charge in [-0.15, -0.1) is 0 Å². The lowest BCUT2D eigenvalue weighted by Gasteiger charge is -2.20. The average molecular weight is 211 g/mol. The van der Waals surface area contributed by atoms with Crippen molar-refractivity contribution < 1.29 is 4.79 Å². The van der Waals surface area contributed by atoms with Crippen molar-refractivity contribution in [3.63, 3.8) is 0 Å². The van der Waals surface area contributed by atoms with Gasteiger partial charge >= 0.3 is 0 Å². The van der Waals surface area contributed by atoms with Gasteiger partial charge in [-0.1, -0.05) is 0 Å². The van der Waals surface area contributed by atoms with E-state index in [-0.39, 0.29) is 0 Å². The van der Waals surface area contributed by atoms with E-state index >= 15 is 0 Å². The summed E-state index contributed by atoms with van der Waals surface area (Å²) in [7, 11) is 0. The summed E-state index contributed by atoms with van der Waals surface area (Å²) in [6.45, 7) is 5.84. The number of rotatable bonds is 4. The second kappa shape index (κ2) is 3.98. The number of hydrogen-bond acceptors (Lipinski definition) is 4. The quantitative estimate of drug-likeness (QED) is 0.700. The summed E-state index contributed by atoms with van der Waals surface area (Å²) in [4.78, 5) is 15.1. The van der Waals surface area contributed by atoms with E-state index in [0.29, 0.717) is 18.8 Å². The van der Waals surface area contributed by atoms with E-state index in [2.05, 4.69) is 10.1 Å². The molecule has 0 aromatic carbocycles. The van der Waals surface area contributed by atoms with Crippen LogP contribution in [-0.4, -0.2) is 26.2 Å². The summed E-state index contributed by atoms with van der Waals surface area (Å²) in [5.74, 6) is 1.02. The number of primary amides is 1. The van der Waals surface area contributed by atoms with Gasteiger partial charge in [0, 0.05) is 6.54 Å². The Morgan fingerprint density at radius 3 is 2.53 bits per heavy atom. The van der Waals surface area contributed by atoms with Crippen LogP contribution in [0, 0.1) is 13.8 Å². The molecule has 1 amide bonds. The number of carbonyl (C=O) groups excluding carboxylic acids is 1. The van der Waals surface area contributed by atoms with E-state index in [1.165, 1.54) is 0 Å². The number of hydrogen-bond donors (Lipinski definition) is 2. The Labute approximate surface area is 88.7 Å². The van der Waals surface area contributed by atoms with Crippen LogP contribution in [0.1, 0.15) is 25.0 Å². The van der Waals surface area contributed by atoms with Crippen LogP contribution < -0.4 is 11.5 Å². The highest BCUT2D eigenvalue weighted by molar-refractivity contribution is 5.83. The van der Waals surface area contributed by atoms with Crippen molar-refractivity contribution >= 4 is 5.91 Å². The fourth-order valence-electron chi connectivity index (χ4n) is 1.23. The zero-order valence-electron chi connectivity index (χ0n) is 9.32. The van der Waals surface area contributed by atoms with E-state index in [0.717, 1.165) is 5.82 Å². The predicted molar refractivity (Wildman–Crippen MR) is 55.9 cm³/mol. The Hall–Kier alpha value is -1.43. The van der Waals surface area contributed by atoms with Crippen molar-refractivity contribution in [1.29, 1.82) is 0 Å². The monoisotopic (exact) mass is 211 g/mol. The van der Waals surface area contributed by atoms with Crippen molar-refractivity contribution in [3.05, 3.63) is 11.6 Å². The van der Waals surface area contributed by atoms with Crippen LogP contribution in [0.15, 0.2) is 0 Å². The molecule has 0 fully saturated rings. The van der Waals surface area contributed by atoms with Gasteiger partial charge in [0.25, 0.3) is 0 Å². The van der Waals surface area contributed by atoms with Gasteiger partial charge in [-0.3, -0.25) is 9.48 Å². The molecule has 0 spiro atoms. The minimum absolute atomic E-state index is 0.450. The Balaban J connectivity index is 2.65. The van der Waals surface area contributed by atoms with E-state index in [4.69, 9.17) is 11.5 Å². The van der Waals surface area contributed by atoms with E-state index in [1.54, 1.807) is 11.6 Å². The summed E-state index contributed by atoms with van der Waals surface area (Å²) >= 11 is 0. The summed E-state index contributed by atoms with van der Waals surface area (Å²) in [6.07, 6.45) is 0.450. The molecule has 4 N–H and O–H groups in total. The predicted octanol–water partition coefficient (Wildman–Crippen LogP) is -0.512. The molecule has 0 bridgehead atoms. The second-order valence-corrected chi connectivity index (χ2v) is 3.96. The Morgan fingerprint density at radius 2 is 2.13 bits per heavy atom. The summed E-state index contributed by atoms with van der Waals surface area (Å²) in [6, 6.07) is 0. The molecule has 6 nitrogen and oxygen atoms in total. The Bertz CT molecular complexity index is 369. The summed E-state index contributed by atoms with van der Waals surface area (Å²) in [5.41, 5.74) is 9.90. The largest absolute Gasteiger partial charge is 0.368 e. The number of carbonyl (C=O) groups is 1. The molecule has 0 radical (unpaired) electrons. The molecule has 1 atom stereocenters. The van der Waals surface area contributed by atoms with Crippen molar-refractivity contribution in [2.45, 2.75) is 39.3 Å². The van der Waals surface area contributed by atoms with Gasteiger partial charge in [0.15, 0.2) is 0 Å². The molecule has 0 aliphatic rings. The zero-order valence-corrected chi connectivity index (χ0v) is 9.32. The van der Waals surface area contributed by atoms with Crippen LogP contribution in [0.4, 0.5) is 0 Å². The van der Waals surface area contributed by atoms with Crippen LogP contribution in [0.2, 0.25) is 0 Å². The van der Waals surface area contributed by atoms with Crippen molar-refractivity contribution in [3.8, 4) is 0 Å². The van der Waals surface area contributed by atoms with E-state index in [1.807, 2.05) is 13.8 Å². The molecule has 15 heavy (non-hydrogen) atoms. The highest BCUT2D eigenvalue weighted by Gasteiger charge is 2.25. The molecule has 84 valence electrons. The number of aromatic nitrogens is 3. The third-order valence-corrected chi connectivity index (χ3v) is 2.37. The van der Waals surface area contributed by atoms with Gasteiger partial charge in [-0.05, 0) is 27.2 Å². The maximum atomic E-state index is 11.0. The Morgan fingerprint density at radius 1 is 1.53 bits per heavy atom. The molecule has 1 rings (SSSR count). The molecule has 0 saturated heterocycles. The molecule has 0 aliphatic heterocycles. The van der Waals surface area contributed by atoms with Gasteiger partial charge in [-0.2, -0.15) is 5.10 Å². The minimum atomic E-state index is -0.994. The average Bonchev–Trinajstić information content (AvgIpc) is 2.41. The van der Waals surface area contributed by atoms with E-state index in [9.17, 15) is 4.79 Å². The lowest BCUT2D eigenvalue weighted by atomic mass is 9.99. The summed E-state index contributed by atoms with van der Waals surface area (Å²) < 4.78 is 1.73. The zero-order chi connectivity index (χ0) is 11.6. The third kappa shape index (κ3) is 2.76. The molecule has 1 aromatic rings. The standard InChI is InChI=1S/C9H17N5O/c1-6-12-7(2)14(13-6)5-4-9(3,11)8(10)15/h4-5,11H2,1-3H3,(H2,10,15). The molecule has 1 aromatic heterocycles. The topological polar surface area (TPSA) is 99.8 Å². The smallest absolute Gasteiger partial charge is 0.237 e. The molecule has 0 saturated carbocycles. The van der Waals surface area contributed by atoms with Gasteiger partial charge < -0.3 is 11.5 Å². The van der Waals surface area contributed by atoms with Gasteiger partial charge in [-0.25, -0.2) is 4.98 Å². The molecule has 1 unspecified atom stereocenters. The first kappa shape index (κ1) is 11.6. The van der Waals surface area contributed by atoms with Crippen molar-refractivity contribution in [2.24, 2.45) is 11.5 Å². The fourth-order valence-corrected chi connectivity index (χ4v) is 1.23. The van der Waals surface area contributed by atoms with Crippen LogP contribution in [0.25, 0.3) is 0 Å². The van der Waals surface area contributed by atoms with Crippen LogP contribution in [0.5, 0.6) is 0 Å². The lowest BCUT2D eigenvalue weighted by molar-refractivity contribution is -0.122. The number of nitrogens with zero attached hydrogens (tertiary/aromatic N) is 3. The number of amides is 1. The van der Waals surface area contributed by atoms with Crippen molar-refractivity contribution in [1.82, 2.24) is 14.8 Å². The van der Waals surface area contributed by atoms with Gasteiger partial charge in [0.05, 0.1) is 5.54 Å². The lowest BCUT2D eigenvalue weighted by Crippen LogP contribution is -2.49. The highest BCUT2D eigenvalue weighted by atomic mass is 16.1. The van der Waals surface area contributed by atoms with E-state index < -0.39 is 11.4 Å². The fraction of sp³-hybridized carbons (Fsp3) is 0.667. The molecular formula is C9H17N5O. The first-order valence-electron chi connectivity index (χ1n) is 4.80. The SMILES string of the molecule is Cc1nc(C)n(CCC(C)(N)C(N)=O)n1. The number of nitrogens with two attached hydrogens (primary N) is 2. The second-order valence-electron chi connectivity index (χ2n) is 3.96. The molecule has 1 heterocycles. The number of aryl methyl sites for hydroxylation is 3. The van der Waals surface area contributed by atoms with Crippen LogP contribution in [-0.2, 0) is 11.3 Å². The van der Waals surface area contributed by atoms with Gasteiger partial charge in [0.1, 0.15) is 11.6 Å². The van der Waals surface area contributed by atoms with Gasteiger partial charge in [0.2, 0.25) is 5.91 Å². The first-order valence-corrected chi connectivity index (χ1v) is 4.80. The molecule has 6 heteroatoms. The summed E-state index contributed by atoms with van der Waals surface area (Å²) in [5, 5.41) is 4.17. The van der Waals surface area contributed by atoms with Crippen molar-refractivity contribution in [2.75, 3.05) is 0 Å². The van der Waals surface area contributed by atoms with Crippen LogP contribution in [0.3, 0.4) is 0 Å². The molecular weight excluding hydrogens is 194 g/mol. The minimum Gasteiger partial charge on any atom is -0.368 e. The first-order chi connectivity index (χ1) is 6.83. The van der Waals surface area contributed by atoms with Crippen LogP contribution >= 0.6 is 0 Å². The maximum absolute atomic E-state index is 11.0.